The van der Waals surface area contributed by atoms with Crippen molar-refractivity contribution in [3.05, 3.63) is 22.2 Å². The van der Waals surface area contributed by atoms with Gasteiger partial charge in [0.05, 0.1) is 11.3 Å². The number of nitrogens with zero attached hydrogens (tertiary/aromatic N) is 1. The number of ether oxygens (including phenoxy) is 1. The minimum Gasteiger partial charge on any atom is -0.433 e. The summed E-state index contributed by atoms with van der Waals surface area (Å²) in [6.07, 6.45) is 0. The van der Waals surface area contributed by atoms with E-state index >= 15 is 0 Å². The fourth-order valence-corrected chi connectivity index (χ4v) is 1.27. The first-order valence-corrected chi connectivity index (χ1v) is 4.28. The second-order valence-corrected chi connectivity index (χ2v) is 3.21. The first kappa shape index (κ1) is 10.7. The maximum atomic E-state index is 11.9. The number of alkyl halides is 2. The predicted molar refractivity (Wildman–Crippen MR) is 49.9 cm³/mol. The first-order chi connectivity index (χ1) is 6.54. The van der Waals surface area contributed by atoms with Gasteiger partial charge in [0.1, 0.15) is 11.8 Å². The van der Waals surface area contributed by atoms with E-state index in [4.69, 9.17) is 11.0 Å². The predicted octanol–water partition coefficient (Wildman–Crippen LogP) is 2.50. The summed E-state index contributed by atoms with van der Waals surface area (Å²) >= 11 is 3.03. The Labute approximate surface area is 87.2 Å². The number of halogens is 3. The standard InChI is InChI=1S/C8H5BrF2N2O/c9-5-2-7(14-8(10)11)6(13)1-4(5)3-12/h1-2,8H,13H2. The minimum absolute atomic E-state index is 0.00468. The van der Waals surface area contributed by atoms with Gasteiger partial charge in [0.2, 0.25) is 0 Å². The molecule has 6 heteroatoms. The molecule has 0 saturated carbocycles. The van der Waals surface area contributed by atoms with E-state index in [1.54, 1.807) is 0 Å². The van der Waals surface area contributed by atoms with Gasteiger partial charge in [-0.25, -0.2) is 0 Å². The van der Waals surface area contributed by atoms with Crippen molar-refractivity contribution in [2.75, 3.05) is 5.73 Å². The van der Waals surface area contributed by atoms with Crippen molar-refractivity contribution in [2.24, 2.45) is 0 Å². The van der Waals surface area contributed by atoms with Crippen molar-refractivity contribution < 1.29 is 13.5 Å². The van der Waals surface area contributed by atoms with Gasteiger partial charge in [-0.1, -0.05) is 0 Å². The molecule has 2 N–H and O–H groups in total. The van der Waals surface area contributed by atoms with Crippen LogP contribution in [0.25, 0.3) is 0 Å². The lowest BCUT2D eigenvalue weighted by atomic mass is 10.2. The van der Waals surface area contributed by atoms with Crippen molar-refractivity contribution in [3.63, 3.8) is 0 Å². The number of rotatable bonds is 2. The number of anilines is 1. The average molecular weight is 263 g/mol. The highest BCUT2D eigenvalue weighted by Crippen LogP contribution is 2.30. The molecule has 0 saturated heterocycles. The second kappa shape index (κ2) is 4.24. The topological polar surface area (TPSA) is 59.0 Å². The molecule has 0 aromatic heterocycles. The molecule has 1 aromatic carbocycles. The van der Waals surface area contributed by atoms with Crippen LogP contribution in [0.1, 0.15) is 5.56 Å². The van der Waals surface area contributed by atoms with Gasteiger partial charge in [0.25, 0.3) is 0 Å². The Morgan fingerprint density at radius 3 is 2.64 bits per heavy atom. The highest BCUT2D eigenvalue weighted by molar-refractivity contribution is 9.10. The van der Waals surface area contributed by atoms with Crippen LogP contribution in [-0.4, -0.2) is 6.61 Å². The van der Waals surface area contributed by atoms with Gasteiger partial charge in [-0.05, 0) is 28.1 Å². The Bertz CT molecular complexity index is 390. The normalized spacial score (nSPS) is 9.93. The van der Waals surface area contributed by atoms with E-state index in [9.17, 15) is 8.78 Å². The number of nitriles is 1. The van der Waals surface area contributed by atoms with Crippen LogP contribution in [-0.2, 0) is 0 Å². The molecule has 0 spiro atoms. The zero-order chi connectivity index (χ0) is 10.7. The molecule has 0 fully saturated rings. The van der Waals surface area contributed by atoms with Gasteiger partial charge in [-0.3, -0.25) is 0 Å². The summed E-state index contributed by atoms with van der Waals surface area (Å²) in [5.41, 5.74) is 5.66. The smallest absolute Gasteiger partial charge is 0.387 e. The molecule has 3 nitrogen and oxygen atoms in total. The number of hydrogen-bond acceptors (Lipinski definition) is 3. The Morgan fingerprint density at radius 2 is 2.14 bits per heavy atom. The molecule has 0 aliphatic carbocycles. The number of nitrogen functional groups attached to an aromatic ring is 1. The lowest BCUT2D eigenvalue weighted by Gasteiger charge is -2.08. The van der Waals surface area contributed by atoms with Crippen LogP contribution in [0.3, 0.4) is 0 Å². The molecule has 0 unspecified atom stereocenters. The van der Waals surface area contributed by atoms with Gasteiger partial charge in [0, 0.05) is 4.47 Å². The average Bonchev–Trinajstić information content (AvgIpc) is 2.10. The van der Waals surface area contributed by atoms with Crippen LogP contribution in [0.2, 0.25) is 0 Å². The maximum Gasteiger partial charge on any atom is 0.387 e. The molecule has 0 aliphatic heterocycles. The quantitative estimate of drug-likeness (QED) is 0.834. The number of hydrogen-bond donors (Lipinski definition) is 1. The molecule has 0 amide bonds. The van der Waals surface area contributed by atoms with Gasteiger partial charge >= 0.3 is 6.61 Å². The third-order valence-electron chi connectivity index (χ3n) is 1.44. The van der Waals surface area contributed by atoms with Crippen LogP contribution >= 0.6 is 15.9 Å². The Hall–Kier alpha value is -1.35. The third-order valence-corrected chi connectivity index (χ3v) is 2.09. The minimum atomic E-state index is -2.93. The Morgan fingerprint density at radius 1 is 1.50 bits per heavy atom. The van der Waals surface area contributed by atoms with Crippen LogP contribution in [0.15, 0.2) is 16.6 Å². The molecule has 0 radical (unpaired) electrons. The van der Waals surface area contributed by atoms with Crippen LogP contribution in [0.5, 0.6) is 5.75 Å². The maximum absolute atomic E-state index is 11.9. The van der Waals surface area contributed by atoms with Gasteiger partial charge in [-0.2, -0.15) is 14.0 Å². The summed E-state index contributed by atoms with van der Waals surface area (Å²) in [6, 6.07) is 4.35. The van der Waals surface area contributed by atoms with E-state index in [0.29, 0.717) is 4.47 Å². The summed E-state index contributed by atoms with van der Waals surface area (Å²) in [5.74, 6) is -0.147. The third kappa shape index (κ3) is 2.33. The largest absolute Gasteiger partial charge is 0.433 e. The van der Waals surface area contributed by atoms with Gasteiger partial charge in [-0.15, -0.1) is 0 Å². The van der Waals surface area contributed by atoms with Crippen molar-refractivity contribution in [3.8, 4) is 11.8 Å². The summed E-state index contributed by atoms with van der Waals surface area (Å²) in [6.45, 7) is -2.93. The second-order valence-electron chi connectivity index (χ2n) is 2.36. The van der Waals surface area contributed by atoms with Gasteiger partial charge < -0.3 is 10.5 Å². The Balaban J connectivity index is 3.10. The van der Waals surface area contributed by atoms with Crippen LogP contribution in [0.4, 0.5) is 14.5 Å². The fourth-order valence-electron chi connectivity index (χ4n) is 0.855. The molecule has 0 bridgehead atoms. The SMILES string of the molecule is N#Cc1cc(N)c(OC(F)F)cc1Br. The lowest BCUT2D eigenvalue weighted by Crippen LogP contribution is -2.04. The highest BCUT2D eigenvalue weighted by Gasteiger charge is 2.11. The molecule has 14 heavy (non-hydrogen) atoms. The summed E-state index contributed by atoms with van der Waals surface area (Å²) in [7, 11) is 0. The van der Waals surface area contributed by atoms with E-state index in [-0.39, 0.29) is 17.0 Å². The van der Waals surface area contributed by atoms with Crippen molar-refractivity contribution in [1.29, 1.82) is 5.26 Å². The fraction of sp³-hybridized carbons (Fsp3) is 0.125. The first-order valence-electron chi connectivity index (χ1n) is 3.48. The molecular weight excluding hydrogens is 258 g/mol. The van der Waals surface area contributed by atoms with Crippen molar-refractivity contribution >= 4 is 21.6 Å². The summed E-state index contributed by atoms with van der Waals surface area (Å²) < 4.78 is 28.2. The number of nitrogens with two attached hydrogens (primary N) is 1. The molecule has 1 aromatic rings. The zero-order valence-corrected chi connectivity index (χ0v) is 8.38. The van der Waals surface area contributed by atoms with Crippen molar-refractivity contribution in [1.82, 2.24) is 0 Å². The van der Waals surface area contributed by atoms with E-state index < -0.39 is 6.61 Å². The monoisotopic (exact) mass is 262 g/mol. The van der Waals surface area contributed by atoms with E-state index in [1.165, 1.54) is 12.1 Å². The Kier molecular flexibility index (Phi) is 3.25. The number of benzene rings is 1. The molecule has 0 aliphatic rings. The zero-order valence-electron chi connectivity index (χ0n) is 6.80. The van der Waals surface area contributed by atoms with Crippen molar-refractivity contribution in [2.45, 2.75) is 6.61 Å². The van der Waals surface area contributed by atoms with Crippen LogP contribution in [0, 0.1) is 11.3 Å². The van der Waals surface area contributed by atoms with Gasteiger partial charge in [0.15, 0.2) is 0 Å². The molecule has 0 atom stereocenters. The summed E-state index contributed by atoms with van der Waals surface area (Å²) in [5, 5.41) is 8.59. The van der Waals surface area contributed by atoms with E-state index in [0.717, 1.165) is 0 Å². The molecular formula is C8H5BrF2N2O. The van der Waals surface area contributed by atoms with E-state index in [2.05, 4.69) is 20.7 Å². The van der Waals surface area contributed by atoms with E-state index in [1.807, 2.05) is 6.07 Å². The molecule has 74 valence electrons. The lowest BCUT2D eigenvalue weighted by molar-refractivity contribution is -0.0493. The van der Waals surface area contributed by atoms with Crippen LogP contribution < -0.4 is 10.5 Å². The highest BCUT2D eigenvalue weighted by atomic mass is 79.9. The summed E-state index contributed by atoms with van der Waals surface area (Å²) in [4.78, 5) is 0. The molecule has 1 rings (SSSR count). The molecule has 0 heterocycles.